The van der Waals surface area contributed by atoms with Crippen LogP contribution in [0.25, 0.3) is 0 Å². The summed E-state index contributed by atoms with van der Waals surface area (Å²) in [5.41, 5.74) is 0.647. The molecule has 1 aliphatic rings. The molecule has 1 heterocycles. The van der Waals surface area contributed by atoms with E-state index >= 15 is 0 Å². The summed E-state index contributed by atoms with van der Waals surface area (Å²) in [5.74, 6) is 0.877. The van der Waals surface area contributed by atoms with Crippen molar-refractivity contribution < 1.29 is 9.90 Å². The van der Waals surface area contributed by atoms with Crippen LogP contribution in [0.2, 0.25) is 5.02 Å². The number of likely N-dealkylation sites (tertiary alicyclic amines) is 1. The number of amides is 1. The number of rotatable bonds is 3. The van der Waals surface area contributed by atoms with E-state index in [9.17, 15) is 9.90 Å². The molecule has 0 aromatic heterocycles. The van der Waals surface area contributed by atoms with Crippen LogP contribution in [0.15, 0.2) is 23.1 Å². The van der Waals surface area contributed by atoms with Crippen molar-refractivity contribution in [3.63, 3.8) is 0 Å². The highest BCUT2D eigenvalue weighted by molar-refractivity contribution is 7.99. The third-order valence-electron chi connectivity index (χ3n) is 3.16. The van der Waals surface area contributed by atoms with E-state index in [-0.39, 0.29) is 5.91 Å². The number of thioether (sulfide) groups is 1. The number of hydrogen-bond acceptors (Lipinski definition) is 3. The lowest BCUT2D eigenvalue weighted by molar-refractivity contribution is 0.0471. The van der Waals surface area contributed by atoms with Gasteiger partial charge in [0.15, 0.2) is 0 Å². The maximum Gasteiger partial charge on any atom is 0.255 e. The number of carbonyl (C=O) groups is 1. The zero-order valence-corrected chi connectivity index (χ0v) is 12.5. The van der Waals surface area contributed by atoms with Crippen molar-refractivity contribution in [3.05, 3.63) is 28.8 Å². The molecule has 0 aliphatic carbocycles. The molecule has 2 rings (SSSR count). The Kier molecular flexibility index (Phi) is 5.13. The zero-order valence-electron chi connectivity index (χ0n) is 10.9. The quantitative estimate of drug-likeness (QED) is 0.872. The standard InChI is InChI=1S/C14H18ClNO2S/c1-2-19-13-6-5-10(15)8-12(13)14(18)16-7-3-4-11(17)9-16/h5-6,8,11,17H,2-4,7,9H2,1H3. The molecule has 1 fully saturated rings. The molecule has 0 spiro atoms. The highest BCUT2D eigenvalue weighted by atomic mass is 35.5. The van der Waals surface area contributed by atoms with Crippen molar-refractivity contribution in [1.82, 2.24) is 4.90 Å². The molecule has 3 nitrogen and oxygen atoms in total. The molecule has 19 heavy (non-hydrogen) atoms. The number of nitrogens with zero attached hydrogens (tertiary/aromatic N) is 1. The Bertz CT molecular complexity index is 467. The fourth-order valence-electron chi connectivity index (χ4n) is 2.26. The van der Waals surface area contributed by atoms with Gasteiger partial charge in [-0.15, -0.1) is 11.8 Å². The van der Waals surface area contributed by atoms with Crippen LogP contribution >= 0.6 is 23.4 Å². The van der Waals surface area contributed by atoms with E-state index in [1.807, 2.05) is 6.07 Å². The number of β-amino-alcohol motifs (C(OH)–C–C–N with tert-alkyl or cyclic N) is 1. The molecule has 0 bridgehead atoms. The minimum atomic E-state index is -0.404. The number of aliphatic hydroxyl groups is 1. The van der Waals surface area contributed by atoms with Gasteiger partial charge in [-0.3, -0.25) is 4.79 Å². The minimum Gasteiger partial charge on any atom is -0.391 e. The van der Waals surface area contributed by atoms with E-state index in [4.69, 9.17) is 11.6 Å². The summed E-state index contributed by atoms with van der Waals surface area (Å²) < 4.78 is 0. The van der Waals surface area contributed by atoms with Gasteiger partial charge >= 0.3 is 0 Å². The Labute approximate surface area is 122 Å². The number of piperidine rings is 1. The molecular formula is C14H18ClNO2S. The zero-order chi connectivity index (χ0) is 13.8. The van der Waals surface area contributed by atoms with E-state index in [1.54, 1.807) is 28.8 Å². The smallest absolute Gasteiger partial charge is 0.255 e. The highest BCUT2D eigenvalue weighted by Crippen LogP contribution is 2.27. The van der Waals surface area contributed by atoms with Crippen molar-refractivity contribution in [2.75, 3.05) is 18.8 Å². The Hall–Kier alpha value is -0.710. The maximum atomic E-state index is 12.5. The summed E-state index contributed by atoms with van der Waals surface area (Å²) in [5, 5.41) is 10.2. The SMILES string of the molecule is CCSc1ccc(Cl)cc1C(=O)N1CCCC(O)C1. The number of benzene rings is 1. The summed E-state index contributed by atoms with van der Waals surface area (Å²) in [6.07, 6.45) is 1.22. The molecule has 104 valence electrons. The van der Waals surface area contributed by atoms with Crippen LogP contribution in [-0.4, -0.2) is 40.9 Å². The van der Waals surface area contributed by atoms with Gasteiger partial charge in [0, 0.05) is 23.0 Å². The predicted molar refractivity (Wildman–Crippen MR) is 79.0 cm³/mol. The van der Waals surface area contributed by atoms with Gasteiger partial charge in [-0.25, -0.2) is 0 Å². The number of hydrogen-bond donors (Lipinski definition) is 1. The molecule has 1 atom stereocenters. The second-order valence-corrected chi connectivity index (χ2v) is 6.36. The number of halogens is 1. The molecular weight excluding hydrogens is 282 g/mol. The molecule has 0 saturated carbocycles. The molecule has 1 unspecified atom stereocenters. The van der Waals surface area contributed by atoms with Crippen LogP contribution in [-0.2, 0) is 0 Å². The molecule has 1 aliphatic heterocycles. The highest BCUT2D eigenvalue weighted by Gasteiger charge is 2.24. The van der Waals surface area contributed by atoms with E-state index in [0.29, 0.717) is 23.7 Å². The topological polar surface area (TPSA) is 40.5 Å². The second kappa shape index (κ2) is 6.64. The number of carbonyl (C=O) groups excluding carboxylic acids is 1. The van der Waals surface area contributed by atoms with Gasteiger partial charge in [0.05, 0.1) is 11.7 Å². The Morgan fingerprint density at radius 1 is 1.58 bits per heavy atom. The predicted octanol–water partition coefficient (Wildman–Crippen LogP) is 3.05. The first-order chi connectivity index (χ1) is 9.11. The summed E-state index contributed by atoms with van der Waals surface area (Å²) >= 11 is 7.63. The Morgan fingerprint density at radius 2 is 2.37 bits per heavy atom. The fraction of sp³-hybridized carbons (Fsp3) is 0.500. The van der Waals surface area contributed by atoms with Crippen molar-refractivity contribution in [1.29, 1.82) is 0 Å². The van der Waals surface area contributed by atoms with Gasteiger partial charge in [0.1, 0.15) is 0 Å². The van der Waals surface area contributed by atoms with Gasteiger partial charge in [0.25, 0.3) is 5.91 Å². The fourth-order valence-corrected chi connectivity index (χ4v) is 3.21. The summed E-state index contributed by atoms with van der Waals surface area (Å²) in [6.45, 7) is 3.18. The first-order valence-corrected chi connectivity index (χ1v) is 7.88. The molecule has 1 N–H and O–H groups in total. The van der Waals surface area contributed by atoms with Gasteiger partial charge in [0.2, 0.25) is 0 Å². The molecule has 1 aromatic rings. The molecule has 0 radical (unpaired) electrons. The van der Waals surface area contributed by atoms with Crippen LogP contribution in [0.5, 0.6) is 0 Å². The van der Waals surface area contributed by atoms with Crippen molar-refractivity contribution in [2.24, 2.45) is 0 Å². The molecule has 5 heteroatoms. The van der Waals surface area contributed by atoms with Crippen molar-refractivity contribution >= 4 is 29.3 Å². The average Bonchev–Trinajstić information content (AvgIpc) is 2.40. The average molecular weight is 300 g/mol. The lowest BCUT2D eigenvalue weighted by Crippen LogP contribution is -2.42. The first-order valence-electron chi connectivity index (χ1n) is 6.51. The molecule has 1 saturated heterocycles. The lowest BCUT2D eigenvalue weighted by atomic mass is 10.1. The van der Waals surface area contributed by atoms with E-state index in [2.05, 4.69) is 6.92 Å². The van der Waals surface area contributed by atoms with E-state index in [0.717, 1.165) is 23.5 Å². The molecule has 1 aromatic carbocycles. The van der Waals surface area contributed by atoms with E-state index in [1.165, 1.54) is 0 Å². The largest absolute Gasteiger partial charge is 0.391 e. The second-order valence-electron chi connectivity index (χ2n) is 4.62. The lowest BCUT2D eigenvalue weighted by Gasteiger charge is -2.30. The summed E-state index contributed by atoms with van der Waals surface area (Å²) in [7, 11) is 0. The van der Waals surface area contributed by atoms with Crippen molar-refractivity contribution in [2.45, 2.75) is 30.8 Å². The minimum absolute atomic E-state index is 0.0304. The van der Waals surface area contributed by atoms with Crippen LogP contribution in [0.1, 0.15) is 30.1 Å². The van der Waals surface area contributed by atoms with Crippen LogP contribution in [0, 0.1) is 0 Å². The normalized spacial score (nSPS) is 19.5. The van der Waals surface area contributed by atoms with Gasteiger partial charge < -0.3 is 10.0 Å². The van der Waals surface area contributed by atoms with Crippen LogP contribution in [0.4, 0.5) is 0 Å². The van der Waals surface area contributed by atoms with Crippen LogP contribution in [0.3, 0.4) is 0 Å². The monoisotopic (exact) mass is 299 g/mol. The summed E-state index contributed by atoms with van der Waals surface area (Å²) in [4.78, 5) is 15.2. The Balaban J connectivity index is 2.24. The number of aliphatic hydroxyl groups excluding tert-OH is 1. The van der Waals surface area contributed by atoms with Gasteiger partial charge in [-0.05, 0) is 36.8 Å². The molecule has 1 amide bonds. The van der Waals surface area contributed by atoms with Gasteiger partial charge in [-0.1, -0.05) is 18.5 Å². The first kappa shape index (κ1) is 14.7. The summed E-state index contributed by atoms with van der Waals surface area (Å²) in [6, 6.07) is 5.42. The third-order valence-corrected chi connectivity index (χ3v) is 4.35. The van der Waals surface area contributed by atoms with Gasteiger partial charge in [-0.2, -0.15) is 0 Å². The third kappa shape index (κ3) is 3.65. The Morgan fingerprint density at radius 3 is 3.05 bits per heavy atom. The maximum absolute atomic E-state index is 12.5. The van der Waals surface area contributed by atoms with E-state index < -0.39 is 6.10 Å². The van der Waals surface area contributed by atoms with Crippen molar-refractivity contribution in [3.8, 4) is 0 Å². The van der Waals surface area contributed by atoms with Crippen LogP contribution < -0.4 is 0 Å².